The molecule has 1 aromatic heterocycles. The number of fused-ring (bicyclic) bond motifs is 1. The summed E-state index contributed by atoms with van der Waals surface area (Å²) in [5, 5.41) is 101. The van der Waals surface area contributed by atoms with Crippen molar-refractivity contribution in [2.45, 2.75) is 68.3 Å². The van der Waals surface area contributed by atoms with E-state index in [4.69, 9.17) is 23.4 Å². The van der Waals surface area contributed by atoms with Gasteiger partial charge in [0.2, 0.25) is 17.5 Å². The molecule has 0 unspecified atom stereocenters. The summed E-state index contributed by atoms with van der Waals surface area (Å²) in [6.45, 7) is 0.657. The number of benzene rings is 2. The van der Waals surface area contributed by atoms with E-state index in [-0.39, 0.29) is 16.9 Å². The third-order valence-electron chi connectivity index (χ3n) is 7.31. The number of aromatic hydroxyl groups is 4. The molecule has 3 aromatic rings. The standard InChI is InChI=1S/C27H30O16/c1-8-23(42-27-21(37)19(35)17(33)15(7-28)41-27)20(36)22(38)26(39-8)43-25-18(34)16-13(32)5-10(29)6-14(16)40-24(25)9-2-3-11(30)12(31)4-9/h2-6,8,15,17,19-23,26-33,35-38H,7H2,1H3/t8-,15-,17-,19-,20-,21-,22-,23+,26-,27+/m0/s1. The van der Waals surface area contributed by atoms with Crippen molar-refractivity contribution in [2.24, 2.45) is 0 Å². The van der Waals surface area contributed by atoms with Crippen molar-refractivity contribution >= 4 is 11.0 Å². The molecule has 2 aliphatic rings. The SMILES string of the molecule is C[C@@H]1O[C@@H](Oc2c(-c3ccc(O)c(O)c3)oc3cc(O)cc(O)c3c2=O)[C@@H](O)[C@H](O)[C@@H]1O[C@H]1O[C@@H](CO)[C@H](O)[C@H](O)[C@@H]1O. The van der Waals surface area contributed by atoms with Crippen LogP contribution in [0.3, 0.4) is 0 Å². The topological polar surface area (TPSA) is 269 Å². The molecule has 16 nitrogen and oxygen atoms in total. The normalized spacial score (nSPS) is 33.0. The highest BCUT2D eigenvalue weighted by atomic mass is 16.7. The second-order valence-corrected chi connectivity index (χ2v) is 10.2. The minimum atomic E-state index is -1.93. The lowest BCUT2D eigenvalue weighted by molar-refractivity contribution is -0.348. The number of hydrogen-bond donors (Lipinski definition) is 10. The van der Waals surface area contributed by atoms with Crippen LogP contribution >= 0.6 is 0 Å². The molecule has 2 aliphatic heterocycles. The molecule has 10 atom stereocenters. The number of ether oxygens (including phenoxy) is 4. The second kappa shape index (κ2) is 11.8. The maximum absolute atomic E-state index is 13.6. The Labute approximate surface area is 241 Å². The summed E-state index contributed by atoms with van der Waals surface area (Å²) in [6.07, 6.45) is -16.3. The van der Waals surface area contributed by atoms with Crippen molar-refractivity contribution in [1.29, 1.82) is 0 Å². The molecule has 43 heavy (non-hydrogen) atoms. The first-order valence-electron chi connectivity index (χ1n) is 13.0. The highest BCUT2D eigenvalue weighted by Gasteiger charge is 2.50. The lowest BCUT2D eigenvalue weighted by Crippen LogP contribution is -2.64. The van der Waals surface area contributed by atoms with Crippen LogP contribution in [-0.2, 0) is 14.2 Å². The quantitative estimate of drug-likeness (QED) is 0.140. The zero-order chi connectivity index (χ0) is 31.3. The van der Waals surface area contributed by atoms with Crippen molar-refractivity contribution in [1.82, 2.24) is 0 Å². The third kappa shape index (κ3) is 5.55. The van der Waals surface area contributed by atoms with Gasteiger partial charge in [0.15, 0.2) is 23.5 Å². The molecule has 234 valence electrons. The largest absolute Gasteiger partial charge is 0.508 e. The van der Waals surface area contributed by atoms with E-state index in [1.807, 2.05) is 0 Å². The Morgan fingerprint density at radius 3 is 2.16 bits per heavy atom. The first-order valence-corrected chi connectivity index (χ1v) is 13.0. The van der Waals surface area contributed by atoms with Gasteiger partial charge >= 0.3 is 0 Å². The van der Waals surface area contributed by atoms with Crippen molar-refractivity contribution in [3.05, 3.63) is 40.6 Å². The van der Waals surface area contributed by atoms with Crippen LogP contribution in [0.15, 0.2) is 39.5 Å². The fourth-order valence-corrected chi connectivity index (χ4v) is 4.97. The lowest BCUT2D eigenvalue weighted by atomic mass is 9.97. The van der Waals surface area contributed by atoms with E-state index < -0.39 is 108 Å². The van der Waals surface area contributed by atoms with Gasteiger partial charge in [-0.05, 0) is 25.1 Å². The molecular weight excluding hydrogens is 580 g/mol. The van der Waals surface area contributed by atoms with Gasteiger partial charge in [-0.1, -0.05) is 0 Å². The van der Waals surface area contributed by atoms with Crippen LogP contribution in [0.4, 0.5) is 0 Å². The maximum atomic E-state index is 13.6. The van der Waals surface area contributed by atoms with E-state index in [1.54, 1.807) is 0 Å². The van der Waals surface area contributed by atoms with Gasteiger partial charge in [0.1, 0.15) is 65.2 Å². The number of phenolic OH excluding ortho intramolecular Hbond substituents is 4. The molecule has 0 saturated carbocycles. The van der Waals surface area contributed by atoms with Crippen molar-refractivity contribution < 1.29 is 74.4 Å². The van der Waals surface area contributed by atoms with Crippen molar-refractivity contribution in [3.63, 3.8) is 0 Å². The summed E-state index contributed by atoms with van der Waals surface area (Å²) in [5.41, 5.74) is -1.27. The Morgan fingerprint density at radius 1 is 0.791 bits per heavy atom. The first-order chi connectivity index (χ1) is 20.3. The minimum absolute atomic E-state index is 0.00476. The number of phenols is 4. The number of aliphatic hydroxyl groups excluding tert-OH is 6. The predicted molar refractivity (Wildman–Crippen MR) is 140 cm³/mol. The third-order valence-corrected chi connectivity index (χ3v) is 7.31. The van der Waals surface area contributed by atoms with Gasteiger partial charge in [-0.3, -0.25) is 4.79 Å². The Hall–Kier alpha value is -3.71. The summed E-state index contributed by atoms with van der Waals surface area (Å²) in [5.74, 6) is -3.19. The fourth-order valence-electron chi connectivity index (χ4n) is 4.97. The van der Waals surface area contributed by atoms with E-state index in [9.17, 15) is 55.9 Å². The van der Waals surface area contributed by atoms with Crippen molar-refractivity contribution in [2.75, 3.05) is 6.61 Å². The summed E-state index contributed by atoms with van der Waals surface area (Å²) in [4.78, 5) is 13.6. The molecular formula is C27H30O16. The Bertz CT molecular complexity index is 1540. The molecule has 5 rings (SSSR count). The zero-order valence-corrected chi connectivity index (χ0v) is 22.3. The Kier molecular flexibility index (Phi) is 8.41. The van der Waals surface area contributed by atoms with Crippen LogP contribution in [0, 0.1) is 0 Å². The lowest BCUT2D eigenvalue weighted by Gasteiger charge is -2.45. The number of rotatable bonds is 6. The molecule has 0 bridgehead atoms. The van der Waals surface area contributed by atoms with Gasteiger partial charge < -0.3 is 74.4 Å². The molecule has 0 amide bonds. The maximum Gasteiger partial charge on any atom is 0.239 e. The predicted octanol–water partition coefficient (Wildman–Crippen LogP) is -1.69. The molecule has 2 aromatic carbocycles. The summed E-state index contributed by atoms with van der Waals surface area (Å²) in [6, 6.07) is 5.32. The average Bonchev–Trinajstić information content (AvgIpc) is 2.96. The number of hydrogen-bond acceptors (Lipinski definition) is 16. The van der Waals surface area contributed by atoms with Crippen LogP contribution in [0.1, 0.15) is 6.92 Å². The summed E-state index contributed by atoms with van der Waals surface area (Å²) >= 11 is 0. The molecule has 2 fully saturated rings. The molecule has 0 spiro atoms. The molecule has 3 heterocycles. The molecule has 0 aliphatic carbocycles. The van der Waals surface area contributed by atoms with Gasteiger partial charge in [-0.25, -0.2) is 0 Å². The van der Waals surface area contributed by atoms with Crippen LogP contribution in [0.5, 0.6) is 28.7 Å². The van der Waals surface area contributed by atoms with E-state index >= 15 is 0 Å². The average molecular weight is 611 g/mol. The van der Waals surface area contributed by atoms with Crippen molar-refractivity contribution in [3.8, 4) is 40.1 Å². The zero-order valence-electron chi connectivity index (χ0n) is 22.3. The minimum Gasteiger partial charge on any atom is -0.508 e. The highest BCUT2D eigenvalue weighted by Crippen LogP contribution is 2.39. The Balaban J connectivity index is 1.47. The molecule has 10 N–H and O–H groups in total. The molecule has 0 radical (unpaired) electrons. The molecule has 16 heteroatoms. The highest BCUT2D eigenvalue weighted by molar-refractivity contribution is 5.88. The summed E-state index contributed by atoms with van der Waals surface area (Å²) < 4.78 is 28.0. The van der Waals surface area contributed by atoms with Gasteiger partial charge in [-0.15, -0.1) is 0 Å². The number of aliphatic hydroxyl groups is 6. The van der Waals surface area contributed by atoms with E-state index in [2.05, 4.69) is 0 Å². The van der Waals surface area contributed by atoms with E-state index in [0.29, 0.717) is 0 Å². The summed E-state index contributed by atoms with van der Waals surface area (Å²) in [7, 11) is 0. The van der Waals surface area contributed by atoms with Crippen LogP contribution < -0.4 is 10.2 Å². The van der Waals surface area contributed by atoms with E-state index in [1.165, 1.54) is 13.0 Å². The van der Waals surface area contributed by atoms with Crippen LogP contribution in [0.2, 0.25) is 0 Å². The first kappa shape index (κ1) is 30.7. The Morgan fingerprint density at radius 2 is 1.49 bits per heavy atom. The van der Waals surface area contributed by atoms with E-state index in [0.717, 1.165) is 24.3 Å². The molecule has 2 saturated heterocycles. The van der Waals surface area contributed by atoms with Crippen LogP contribution in [0.25, 0.3) is 22.3 Å². The van der Waals surface area contributed by atoms with Gasteiger partial charge in [0, 0.05) is 17.7 Å². The fraction of sp³-hybridized carbons (Fsp3) is 0.444. The smallest absolute Gasteiger partial charge is 0.239 e. The van der Waals surface area contributed by atoms with Gasteiger partial charge in [0.25, 0.3) is 0 Å². The monoisotopic (exact) mass is 610 g/mol. The van der Waals surface area contributed by atoms with Gasteiger partial charge in [0.05, 0.1) is 12.7 Å². The second-order valence-electron chi connectivity index (χ2n) is 10.2. The van der Waals surface area contributed by atoms with Crippen LogP contribution in [-0.4, -0.2) is 119 Å². The van der Waals surface area contributed by atoms with Gasteiger partial charge in [-0.2, -0.15) is 0 Å².